The Morgan fingerprint density at radius 1 is 1.41 bits per heavy atom. The number of nitrogens with zero attached hydrogens (tertiary/aromatic N) is 1. The number of aromatic nitrogens is 1. The lowest BCUT2D eigenvalue weighted by Crippen LogP contribution is -2.13. The molecule has 2 aromatic rings. The summed E-state index contributed by atoms with van der Waals surface area (Å²) < 4.78 is 5.94. The highest BCUT2D eigenvalue weighted by Crippen LogP contribution is 2.21. The van der Waals surface area contributed by atoms with Crippen molar-refractivity contribution in [2.45, 2.75) is 13.8 Å². The smallest absolute Gasteiger partial charge is 0.293 e. The van der Waals surface area contributed by atoms with Crippen molar-refractivity contribution < 1.29 is 9.21 Å². The van der Waals surface area contributed by atoms with Crippen LogP contribution in [0.3, 0.4) is 0 Å². The quantitative estimate of drug-likeness (QED) is 0.924. The summed E-state index contributed by atoms with van der Waals surface area (Å²) in [5, 5.41) is 2.79. The number of amides is 1. The number of nitrogens with one attached hydrogen (secondary N) is 1. The molecule has 1 aromatic heterocycles. The number of halogens is 1. The van der Waals surface area contributed by atoms with Gasteiger partial charge in [-0.1, -0.05) is 22.0 Å². The third-order valence-corrected chi connectivity index (χ3v) is 2.89. The molecule has 0 aliphatic rings. The second-order valence-corrected chi connectivity index (χ2v) is 4.60. The number of carbonyl (C=O) groups excluding carboxylic acids is 1. The molecule has 1 heterocycles. The van der Waals surface area contributed by atoms with E-state index in [4.69, 9.17) is 4.42 Å². The first kappa shape index (κ1) is 11.9. The SMILES string of the molecule is Cc1ccc(Br)cc1NC(=O)c1ocnc1C. The lowest BCUT2D eigenvalue weighted by atomic mass is 10.2. The van der Waals surface area contributed by atoms with Crippen LogP contribution in [0.25, 0.3) is 0 Å². The van der Waals surface area contributed by atoms with Gasteiger partial charge in [0.2, 0.25) is 5.76 Å². The second kappa shape index (κ2) is 4.71. The summed E-state index contributed by atoms with van der Waals surface area (Å²) in [6, 6.07) is 5.69. The number of carbonyl (C=O) groups is 1. The van der Waals surface area contributed by atoms with E-state index in [1.807, 2.05) is 25.1 Å². The highest BCUT2D eigenvalue weighted by molar-refractivity contribution is 9.10. The predicted molar refractivity (Wildman–Crippen MR) is 68.1 cm³/mol. The maximum absolute atomic E-state index is 11.9. The molecular formula is C12H11BrN2O2. The van der Waals surface area contributed by atoms with E-state index in [0.717, 1.165) is 15.7 Å². The fraction of sp³-hybridized carbons (Fsp3) is 0.167. The summed E-state index contributed by atoms with van der Waals surface area (Å²) in [5.41, 5.74) is 2.31. The van der Waals surface area contributed by atoms with Crippen molar-refractivity contribution in [1.82, 2.24) is 4.98 Å². The van der Waals surface area contributed by atoms with E-state index in [1.165, 1.54) is 6.39 Å². The van der Waals surface area contributed by atoms with E-state index in [9.17, 15) is 4.79 Å². The number of anilines is 1. The van der Waals surface area contributed by atoms with Gasteiger partial charge in [-0.2, -0.15) is 0 Å². The second-order valence-electron chi connectivity index (χ2n) is 3.68. The van der Waals surface area contributed by atoms with Crippen molar-refractivity contribution in [2.24, 2.45) is 0 Å². The zero-order chi connectivity index (χ0) is 12.4. The molecule has 88 valence electrons. The van der Waals surface area contributed by atoms with Crippen LogP contribution in [0.2, 0.25) is 0 Å². The Morgan fingerprint density at radius 2 is 2.18 bits per heavy atom. The molecule has 2 rings (SSSR count). The molecule has 0 saturated heterocycles. The molecule has 0 aliphatic carbocycles. The number of hydrogen-bond acceptors (Lipinski definition) is 3. The number of oxazole rings is 1. The minimum atomic E-state index is -0.291. The molecule has 0 fully saturated rings. The molecule has 1 aromatic carbocycles. The highest BCUT2D eigenvalue weighted by Gasteiger charge is 2.14. The van der Waals surface area contributed by atoms with Gasteiger partial charge in [-0.15, -0.1) is 0 Å². The van der Waals surface area contributed by atoms with Crippen LogP contribution in [0.15, 0.2) is 33.5 Å². The fourth-order valence-corrected chi connectivity index (χ4v) is 1.79. The molecule has 0 bridgehead atoms. The van der Waals surface area contributed by atoms with Gasteiger partial charge in [-0.3, -0.25) is 4.79 Å². The van der Waals surface area contributed by atoms with E-state index >= 15 is 0 Å². The van der Waals surface area contributed by atoms with Crippen LogP contribution in [0.4, 0.5) is 5.69 Å². The molecule has 0 saturated carbocycles. The van der Waals surface area contributed by atoms with Gasteiger partial charge >= 0.3 is 0 Å². The zero-order valence-corrected chi connectivity index (χ0v) is 11.0. The van der Waals surface area contributed by atoms with Crippen LogP contribution >= 0.6 is 15.9 Å². The van der Waals surface area contributed by atoms with Gasteiger partial charge in [0.1, 0.15) is 0 Å². The first-order valence-electron chi connectivity index (χ1n) is 5.05. The third-order valence-electron chi connectivity index (χ3n) is 2.40. The summed E-state index contributed by atoms with van der Waals surface area (Å²) in [7, 11) is 0. The average molecular weight is 295 g/mol. The van der Waals surface area contributed by atoms with Crippen LogP contribution in [0.5, 0.6) is 0 Å². The van der Waals surface area contributed by atoms with Crippen molar-refractivity contribution in [3.8, 4) is 0 Å². The van der Waals surface area contributed by atoms with Crippen LogP contribution in [0, 0.1) is 13.8 Å². The van der Waals surface area contributed by atoms with Gasteiger partial charge in [-0.05, 0) is 31.5 Å². The Morgan fingerprint density at radius 3 is 2.82 bits per heavy atom. The summed E-state index contributed by atoms with van der Waals surface area (Å²) in [6.07, 6.45) is 1.26. The van der Waals surface area contributed by atoms with Crippen molar-refractivity contribution >= 4 is 27.5 Å². The van der Waals surface area contributed by atoms with Gasteiger partial charge < -0.3 is 9.73 Å². The van der Waals surface area contributed by atoms with Crippen LogP contribution in [0.1, 0.15) is 21.8 Å². The van der Waals surface area contributed by atoms with Gasteiger partial charge in [0.15, 0.2) is 6.39 Å². The minimum Gasteiger partial charge on any atom is -0.438 e. The maximum atomic E-state index is 11.9. The third kappa shape index (κ3) is 2.55. The molecule has 17 heavy (non-hydrogen) atoms. The monoisotopic (exact) mass is 294 g/mol. The van der Waals surface area contributed by atoms with Crippen LogP contribution < -0.4 is 5.32 Å². The first-order chi connectivity index (χ1) is 8.08. The topological polar surface area (TPSA) is 55.1 Å². The summed E-state index contributed by atoms with van der Waals surface area (Å²) >= 11 is 3.36. The summed E-state index contributed by atoms with van der Waals surface area (Å²) in [4.78, 5) is 15.8. The lowest BCUT2D eigenvalue weighted by Gasteiger charge is -2.07. The van der Waals surface area contributed by atoms with Crippen molar-refractivity contribution in [1.29, 1.82) is 0 Å². The fourth-order valence-electron chi connectivity index (χ4n) is 1.43. The number of aryl methyl sites for hydroxylation is 2. The number of rotatable bonds is 2. The Kier molecular flexibility index (Phi) is 3.28. The van der Waals surface area contributed by atoms with Gasteiger partial charge in [-0.25, -0.2) is 4.98 Å². The molecule has 4 nitrogen and oxygen atoms in total. The Bertz CT molecular complexity index is 563. The van der Waals surface area contributed by atoms with Gasteiger partial charge in [0, 0.05) is 10.2 Å². The lowest BCUT2D eigenvalue weighted by molar-refractivity contribution is 0.0996. The van der Waals surface area contributed by atoms with Crippen LogP contribution in [-0.2, 0) is 0 Å². The van der Waals surface area contributed by atoms with E-state index in [-0.39, 0.29) is 11.7 Å². The molecule has 1 amide bonds. The molecule has 0 aliphatic heterocycles. The summed E-state index contributed by atoms with van der Waals surface area (Å²) in [5.74, 6) is -0.0504. The van der Waals surface area contributed by atoms with E-state index < -0.39 is 0 Å². The highest BCUT2D eigenvalue weighted by atomic mass is 79.9. The zero-order valence-electron chi connectivity index (χ0n) is 9.45. The van der Waals surface area contributed by atoms with Crippen molar-refractivity contribution in [3.63, 3.8) is 0 Å². The van der Waals surface area contributed by atoms with Crippen LogP contribution in [-0.4, -0.2) is 10.9 Å². The van der Waals surface area contributed by atoms with E-state index in [0.29, 0.717) is 5.69 Å². The number of hydrogen-bond donors (Lipinski definition) is 1. The summed E-state index contributed by atoms with van der Waals surface area (Å²) in [6.45, 7) is 3.65. The minimum absolute atomic E-state index is 0.240. The molecule has 5 heteroatoms. The average Bonchev–Trinajstić information content (AvgIpc) is 2.70. The van der Waals surface area contributed by atoms with Gasteiger partial charge in [0.25, 0.3) is 5.91 Å². The van der Waals surface area contributed by atoms with Crippen molar-refractivity contribution in [3.05, 3.63) is 46.1 Å². The Balaban J connectivity index is 2.24. The molecular weight excluding hydrogens is 284 g/mol. The maximum Gasteiger partial charge on any atom is 0.293 e. The van der Waals surface area contributed by atoms with Gasteiger partial charge in [0.05, 0.1) is 5.69 Å². The van der Waals surface area contributed by atoms with E-state index in [2.05, 4.69) is 26.2 Å². The Hall–Kier alpha value is -1.62. The normalized spacial score (nSPS) is 10.3. The Labute approximate surface area is 107 Å². The molecule has 0 unspecified atom stereocenters. The van der Waals surface area contributed by atoms with E-state index in [1.54, 1.807) is 6.92 Å². The van der Waals surface area contributed by atoms with Crippen molar-refractivity contribution in [2.75, 3.05) is 5.32 Å². The standard InChI is InChI=1S/C12H11BrN2O2/c1-7-3-4-9(13)5-10(7)15-12(16)11-8(2)14-6-17-11/h3-6H,1-2H3,(H,15,16). The largest absolute Gasteiger partial charge is 0.438 e. The number of benzene rings is 1. The molecule has 0 atom stereocenters. The predicted octanol–water partition coefficient (Wildman–Crippen LogP) is 3.31. The molecule has 1 N–H and O–H groups in total. The molecule has 0 radical (unpaired) electrons. The molecule has 0 spiro atoms. The first-order valence-corrected chi connectivity index (χ1v) is 5.85.